The van der Waals surface area contributed by atoms with Crippen LogP contribution in [0.2, 0.25) is 0 Å². The predicted molar refractivity (Wildman–Crippen MR) is 98.0 cm³/mol. The van der Waals surface area contributed by atoms with Gasteiger partial charge in [-0.25, -0.2) is 4.39 Å². The maximum absolute atomic E-state index is 12.9. The van der Waals surface area contributed by atoms with Crippen molar-refractivity contribution in [2.45, 2.75) is 51.6 Å². The molecule has 140 valence electrons. The number of nitrogens with zero attached hydrogens (tertiary/aromatic N) is 2. The van der Waals surface area contributed by atoms with Gasteiger partial charge in [-0.2, -0.15) is 0 Å². The number of hydrogen-bond donors (Lipinski definition) is 0. The Morgan fingerprint density at radius 2 is 1.80 bits per heavy atom. The van der Waals surface area contributed by atoms with E-state index in [1.54, 1.807) is 7.11 Å². The number of ether oxygens (including phenoxy) is 1. The van der Waals surface area contributed by atoms with Crippen molar-refractivity contribution in [3.8, 4) is 0 Å². The van der Waals surface area contributed by atoms with Gasteiger partial charge in [-0.15, -0.1) is 0 Å². The first kappa shape index (κ1) is 19.9. The molecule has 1 fully saturated rings. The molecule has 2 rings (SSSR count). The number of unbranched alkanes of at least 4 members (excludes halogenated alkanes) is 1. The third-order valence-corrected chi connectivity index (χ3v) is 5.03. The van der Waals surface area contributed by atoms with Crippen molar-refractivity contribution >= 4 is 5.91 Å². The van der Waals surface area contributed by atoms with Crippen LogP contribution in [0.15, 0.2) is 24.3 Å². The zero-order valence-corrected chi connectivity index (χ0v) is 15.7. The molecule has 1 aliphatic heterocycles. The SMILES string of the molecule is COCCN1C(C)CN(C(=O)CCCCc2ccc(F)cc2)CC1C. The summed E-state index contributed by atoms with van der Waals surface area (Å²) in [5.74, 6) is 0.0519. The predicted octanol–water partition coefficient (Wildman–Crippen LogP) is 3.11. The summed E-state index contributed by atoms with van der Waals surface area (Å²) in [4.78, 5) is 16.9. The van der Waals surface area contributed by atoms with Crippen molar-refractivity contribution in [1.29, 1.82) is 0 Å². The Labute approximate surface area is 150 Å². The molecule has 1 amide bonds. The lowest BCUT2D eigenvalue weighted by Crippen LogP contribution is -2.58. The Balaban J connectivity index is 1.71. The van der Waals surface area contributed by atoms with Gasteiger partial charge < -0.3 is 9.64 Å². The van der Waals surface area contributed by atoms with E-state index in [2.05, 4.69) is 18.7 Å². The molecule has 0 aromatic heterocycles. The molecule has 4 nitrogen and oxygen atoms in total. The van der Waals surface area contributed by atoms with Gasteiger partial charge in [-0.1, -0.05) is 12.1 Å². The average molecular weight is 350 g/mol. The van der Waals surface area contributed by atoms with Crippen LogP contribution in [0.25, 0.3) is 0 Å². The largest absolute Gasteiger partial charge is 0.383 e. The van der Waals surface area contributed by atoms with Crippen molar-refractivity contribution < 1.29 is 13.9 Å². The van der Waals surface area contributed by atoms with Gasteiger partial charge in [0.1, 0.15) is 5.82 Å². The van der Waals surface area contributed by atoms with Crippen LogP contribution < -0.4 is 0 Å². The summed E-state index contributed by atoms with van der Waals surface area (Å²) in [5.41, 5.74) is 1.13. The molecule has 1 heterocycles. The highest BCUT2D eigenvalue weighted by Gasteiger charge is 2.30. The average Bonchev–Trinajstić information content (AvgIpc) is 2.59. The third kappa shape index (κ3) is 6.08. The van der Waals surface area contributed by atoms with Gasteiger partial charge >= 0.3 is 0 Å². The van der Waals surface area contributed by atoms with E-state index >= 15 is 0 Å². The highest BCUT2D eigenvalue weighted by Crippen LogP contribution is 2.17. The molecule has 2 unspecified atom stereocenters. The van der Waals surface area contributed by atoms with Gasteiger partial charge in [-0.3, -0.25) is 9.69 Å². The zero-order valence-electron chi connectivity index (χ0n) is 15.7. The quantitative estimate of drug-likeness (QED) is 0.676. The lowest BCUT2D eigenvalue weighted by Gasteiger charge is -2.44. The summed E-state index contributed by atoms with van der Waals surface area (Å²) in [5, 5.41) is 0. The van der Waals surface area contributed by atoms with Gasteiger partial charge in [0, 0.05) is 45.2 Å². The first-order valence-electron chi connectivity index (χ1n) is 9.28. The maximum atomic E-state index is 12.9. The minimum atomic E-state index is -0.202. The van der Waals surface area contributed by atoms with Crippen LogP contribution in [0, 0.1) is 5.82 Å². The van der Waals surface area contributed by atoms with Gasteiger partial charge in [0.25, 0.3) is 0 Å². The van der Waals surface area contributed by atoms with Crippen molar-refractivity contribution in [3.63, 3.8) is 0 Å². The number of carbonyl (C=O) groups is 1. The molecule has 1 aliphatic rings. The number of amides is 1. The molecule has 0 saturated carbocycles. The van der Waals surface area contributed by atoms with Crippen LogP contribution in [0.3, 0.4) is 0 Å². The standard InChI is InChI=1S/C20H31FN2O2/c1-16-14-22(15-17(2)23(16)12-13-25-3)20(24)7-5-4-6-18-8-10-19(21)11-9-18/h8-11,16-17H,4-7,12-15H2,1-3H3. The maximum Gasteiger partial charge on any atom is 0.222 e. The Bertz CT molecular complexity index is 523. The van der Waals surface area contributed by atoms with E-state index in [0.29, 0.717) is 18.5 Å². The molecular formula is C20H31FN2O2. The lowest BCUT2D eigenvalue weighted by molar-refractivity contribution is -0.135. The van der Waals surface area contributed by atoms with E-state index in [9.17, 15) is 9.18 Å². The molecule has 1 saturated heterocycles. The van der Waals surface area contributed by atoms with E-state index < -0.39 is 0 Å². The Kier molecular flexibility index (Phi) is 7.85. The van der Waals surface area contributed by atoms with Crippen LogP contribution in [0.1, 0.15) is 38.7 Å². The van der Waals surface area contributed by atoms with Crippen molar-refractivity contribution in [3.05, 3.63) is 35.6 Å². The van der Waals surface area contributed by atoms with E-state index in [4.69, 9.17) is 4.74 Å². The van der Waals surface area contributed by atoms with E-state index in [-0.39, 0.29) is 11.7 Å². The molecule has 1 aromatic rings. The van der Waals surface area contributed by atoms with E-state index in [0.717, 1.165) is 51.1 Å². The molecule has 1 aromatic carbocycles. The van der Waals surface area contributed by atoms with Crippen molar-refractivity contribution in [1.82, 2.24) is 9.80 Å². The third-order valence-electron chi connectivity index (χ3n) is 5.03. The number of rotatable bonds is 8. The lowest BCUT2D eigenvalue weighted by atomic mass is 10.0. The minimum Gasteiger partial charge on any atom is -0.383 e. The van der Waals surface area contributed by atoms with Gasteiger partial charge in [0.2, 0.25) is 5.91 Å². The monoisotopic (exact) mass is 350 g/mol. The number of benzene rings is 1. The Morgan fingerprint density at radius 1 is 1.16 bits per heavy atom. The van der Waals surface area contributed by atoms with E-state index in [1.807, 2.05) is 17.0 Å². The van der Waals surface area contributed by atoms with Crippen LogP contribution in [0.4, 0.5) is 4.39 Å². The number of piperazine rings is 1. The molecule has 25 heavy (non-hydrogen) atoms. The second kappa shape index (κ2) is 9.88. The Hall–Kier alpha value is -1.46. The number of methoxy groups -OCH3 is 1. The molecule has 0 aliphatic carbocycles. The molecular weight excluding hydrogens is 319 g/mol. The smallest absolute Gasteiger partial charge is 0.222 e. The van der Waals surface area contributed by atoms with Crippen molar-refractivity contribution in [2.75, 3.05) is 33.4 Å². The highest BCUT2D eigenvalue weighted by molar-refractivity contribution is 5.76. The minimum absolute atomic E-state index is 0.202. The normalized spacial score (nSPS) is 21.5. The van der Waals surface area contributed by atoms with Gasteiger partial charge in [-0.05, 0) is 50.8 Å². The fourth-order valence-corrected chi connectivity index (χ4v) is 3.61. The number of hydrogen-bond acceptors (Lipinski definition) is 3. The first-order chi connectivity index (χ1) is 12.0. The van der Waals surface area contributed by atoms with Crippen LogP contribution >= 0.6 is 0 Å². The van der Waals surface area contributed by atoms with Crippen LogP contribution in [-0.2, 0) is 16.0 Å². The van der Waals surface area contributed by atoms with Gasteiger partial charge in [0.15, 0.2) is 0 Å². The van der Waals surface area contributed by atoms with Crippen LogP contribution in [0.5, 0.6) is 0 Å². The topological polar surface area (TPSA) is 32.8 Å². The molecule has 0 bridgehead atoms. The summed E-state index contributed by atoms with van der Waals surface area (Å²) in [6, 6.07) is 7.35. The fraction of sp³-hybridized carbons (Fsp3) is 0.650. The summed E-state index contributed by atoms with van der Waals surface area (Å²) < 4.78 is 18.1. The summed E-state index contributed by atoms with van der Waals surface area (Å²) in [6.45, 7) is 7.60. The second-order valence-electron chi connectivity index (χ2n) is 7.06. The fourth-order valence-electron chi connectivity index (χ4n) is 3.61. The number of carbonyl (C=O) groups excluding carboxylic acids is 1. The summed E-state index contributed by atoms with van der Waals surface area (Å²) >= 11 is 0. The van der Waals surface area contributed by atoms with Gasteiger partial charge in [0.05, 0.1) is 6.61 Å². The second-order valence-corrected chi connectivity index (χ2v) is 7.06. The Morgan fingerprint density at radius 3 is 2.40 bits per heavy atom. The number of halogens is 1. The van der Waals surface area contributed by atoms with Crippen molar-refractivity contribution in [2.24, 2.45) is 0 Å². The molecule has 0 spiro atoms. The first-order valence-corrected chi connectivity index (χ1v) is 9.28. The molecule has 2 atom stereocenters. The molecule has 0 radical (unpaired) electrons. The molecule has 0 N–H and O–H groups in total. The van der Waals surface area contributed by atoms with Crippen LogP contribution in [-0.4, -0.2) is 61.1 Å². The summed E-state index contributed by atoms with van der Waals surface area (Å²) in [6.07, 6.45) is 3.32. The number of aryl methyl sites for hydroxylation is 1. The summed E-state index contributed by atoms with van der Waals surface area (Å²) in [7, 11) is 1.72. The highest BCUT2D eigenvalue weighted by atomic mass is 19.1. The van der Waals surface area contributed by atoms with E-state index in [1.165, 1.54) is 12.1 Å². The molecule has 5 heteroatoms. The zero-order chi connectivity index (χ0) is 18.2.